The highest BCUT2D eigenvalue weighted by atomic mass is 79.9. The smallest absolute Gasteiger partial charge is 0.336 e. The number of Topliss-reactive ketones (excluding diaryl/α,β-unsaturated/α-hetero) is 1. The quantitative estimate of drug-likeness (QED) is 0.603. The van der Waals surface area contributed by atoms with Crippen LogP contribution in [-0.4, -0.2) is 43.3 Å². The normalized spacial score (nSPS) is 23.5. The zero-order chi connectivity index (χ0) is 22.1. The molecule has 2 N–H and O–H groups in total. The van der Waals surface area contributed by atoms with Crippen LogP contribution in [0.3, 0.4) is 0 Å². The topological polar surface area (TPSA) is 94.1 Å². The molecule has 8 heteroatoms. The van der Waals surface area contributed by atoms with Crippen molar-refractivity contribution in [2.24, 2.45) is 0 Å². The Bertz CT molecular complexity index is 977. The largest absolute Gasteiger partial charge is 0.503 e. The SMILES string of the molecule is COc1cc([C@@H]2C(C(=O)OC[C@@H]3CCCO3)=C(C)NC3=C2C(=O)CCC3)cc(Br)c1O. The van der Waals surface area contributed by atoms with Gasteiger partial charge < -0.3 is 24.6 Å². The van der Waals surface area contributed by atoms with Gasteiger partial charge in [-0.25, -0.2) is 4.79 Å². The molecule has 7 nitrogen and oxygen atoms in total. The van der Waals surface area contributed by atoms with Crippen LogP contribution < -0.4 is 10.1 Å². The standard InChI is InChI=1S/C23H26BrNO6/c1-12-19(23(28)31-11-14-5-4-8-30-14)20(21-16(25-12)6-3-7-17(21)26)13-9-15(24)22(27)18(10-13)29-2/h9-10,14,20,25,27H,3-8,11H2,1-2H3/t14-,20+/m0/s1. The van der Waals surface area contributed by atoms with Crippen LogP contribution in [-0.2, 0) is 19.1 Å². The molecule has 166 valence electrons. The summed E-state index contributed by atoms with van der Waals surface area (Å²) in [6.45, 7) is 2.69. The van der Waals surface area contributed by atoms with Crippen LogP contribution in [0.4, 0.5) is 0 Å². The number of phenols is 1. The molecular formula is C23H26BrNO6. The van der Waals surface area contributed by atoms with E-state index in [9.17, 15) is 14.7 Å². The monoisotopic (exact) mass is 491 g/mol. The van der Waals surface area contributed by atoms with Gasteiger partial charge in [0, 0.05) is 35.9 Å². The average molecular weight is 492 g/mol. The summed E-state index contributed by atoms with van der Waals surface area (Å²) in [5, 5.41) is 13.5. The molecule has 2 aliphatic heterocycles. The lowest BCUT2D eigenvalue weighted by molar-refractivity contribution is -0.142. The van der Waals surface area contributed by atoms with E-state index in [2.05, 4.69) is 21.2 Å². The summed E-state index contributed by atoms with van der Waals surface area (Å²) >= 11 is 3.36. The van der Waals surface area contributed by atoms with Crippen molar-refractivity contribution in [1.29, 1.82) is 0 Å². The first-order valence-corrected chi connectivity index (χ1v) is 11.3. The molecule has 1 saturated heterocycles. The van der Waals surface area contributed by atoms with E-state index in [0.29, 0.717) is 39.9 Å². The zero-order valence-corrected chi connectivity index (χ0v) is 19.2. The van der Waals surface area contributed by atoms with Crippen molar-refractivity contribution in [3.63, 3.8) is 0 Å². The van der Waals surface area contributed by atoms with Crippen LogP contribution in [0.25, 0.3) is 0 Å². The van der Waals surface area contributed by atoms with E-state index in [4.69, 9.17) is 14.2 Å². The van der Waals surface area contributed by atoms with Crippen molar-refractivity contribution in [2.45, 2.75) is 51.0 Å². The van der Waals surface area contributed by atoms with Crippen molar-refractivity contribution >= 4 is 27.7 Å². The summed E-state index contributed by atoms with van der Waals surface area (Å²) < 4.78 is 16.9. The van der Waals surface area contributed by atoms with E-state index < -0.39 is 11.9 Å². The minimum atomic E-state index is -0.605. The molecule has 0 spiro atoms. The Morgan fingerprint density at radius 3 is 2.84 bits per heavy atom. The van der Waals surface area contributed by atoms with E-state index in [1.807, 2.05) is 6.92 Å². The molecule has 0 radical (unpaired) electrons. The van der Waals surface area contributed by atoms with E-state index in [1.165, 1.54) is 7.11 Å². The molecule has 2 atom stereocenters. The van der Waals surface area contributed by atoms with Gasteiger partial charge in [0.05, 0.1) is 23.3 Å². The van der Waals surface area contributed by atoms with Crippen LogP contribution in [0.15, 0.2) is 39.1 Å². The number of halogens is 1. The van der Waals surface area contributed by atoms with Crippen molar-refractivity contribution < 1.29 is 28.9 Å². The highest BCUT2D eigenvalue weighted by Gasteiger charge is 2.40. The number of carbonyl (C=O) groups is 2. The fourth-order valence-corrected chi connectivity index (χ4v) is 4.99. The number of aromatic hydroxyl groups is 1. The summed E-state index contributed by atoms with van der Waals surface area (Å²) in [4.78, 5) is 26.2. The number of phenolic OH excluding ortho intramolecular Hbond substituents is 1. The summed E-state index contributed by atoms with van der Waals surface area (Å²) in [5.41, 5.74) is 3.16. The van der Waals surface area contributed by atoms with Crippen LogP contribution in [0.2, 0.25) is 0 Å². The highest BCUT2D eigenvalue weighted by Crippen LogP contribution is 2.46. The molecule has 1 aliphatic carbocycles. The maximum Gasteiger partial charge on any atom is 0.336 e. The second-order valence-corrected chi connectivity index (χ2v) is 8.91. The number of allylic oxidation sites excluding steroid dienone is 3. The Balaban J connectivity index is 1.76. The maximum absolute atomic E-state index is 13.2. The molecule has 1 aromatic carbocycles. The van der Waals surface area contributed by atoms with E-state index in [0.717, 1.165) is 31.4 Å². The molecule has 1 fully saturated rings. The molecule has 0 aromatic heterocycles. The Labute approximate surface area is 189 Å². The number of ether oxygens (including phenoxy) is 3. The number of hydrogen-bond acceptors (Lipinski definition) is 7. The van der Waals surface area contributed by atoms with Gasteiger partial charge in [-0.05, 0) is 66.2 Å². The van der Waals surface area contributed by atoms with Gasteiger partial charge in [-0.3, -0.25) is 4.79 Å². The molecule has 0 saturated carbocycles. The number of esters is 1. The van der Waals surface area contributed by atoms with Crippen LogP contribution >= 0.6 is 15.9 Å². The number of hydrogen-bond donors (Lipinski definition) is 2. The van der Waals surface area contributed by atoms with Crippen LogP contribution in [0, 0.1) is 0 Å². The summed E-state index contributed by atoms with van der Waals surface area (Å²) in [7, 11) is 1.46. The van der Waals surface area contributed by atoms with Crippen molar-refractivity contribution in [3.8, 4) is 11.5 Å². The first-order chi connectivity index (χ1) is 14.9. The molecule has 0 unspecified atom stereocenters. The summed E-state index contributed by atoms with van der Waals surface area (Å²) in [5.74, 6) is -0.838. The van der Waals surface area contributed by atoms with Gasteiger partial charge in [0.15, 0.2) is 17.3 Å². The number of rotatable bonds is 5. The number of benzene rings is 1. The maximum atomic E-state index is 13.2. The molecular weight excluding hydrogens is 466 g/mol. The third-order valence-corrected chi connectivity index (χ3v) is 6.63. The van der Waals surface area contributed by atoms with E-state index in [1.54, 1.807) is 12.1 Å². The Kier molecular flexibility index (Phi) is 6.39. The predicted octanol–water partition coefficient (Wildman–Crippen LogP) is 3.85. The third kappa shape index (κ3) is 4.23. The molecule has 31 heavy (non-hydrogen) atoms. The number of nitrogens with one attached hydrogen (secondary N) is 1. The van der Waals surface area contributed by atoms with Gasteiger partial charge in [0.1, 0.15) is 6.61 Å². The second-order valence-electron chi connectivity index (χ2n) is 8.05. The minimum absolute atomic E-state index is 0.0128. The molecule has 1 aromatic rings. The Morgan fingerprint density at radius 2 is 2.13 bits per heavy atom. The van der Waals surface area contributed by atoms with Gasteiger partial charge in [-0.2, -0.15) is 0 Å². The third-order valence-electron chi connectivity index (χ3n) is 6.02. The van der Waals surface area contributed by atoms with Crippen molar-refractivity contribution in [3.05, 3.63) is 44.7 Å². The number of methoxy groups -OCH3 is 1. The highest BCUT2D eigenvalue weighted by molar-refractivity contribution is 9.10. The van der Waals surface area contributed by atoms with Gasteiger partial charge >= 0.3 is 5.97 Å². The van der Waals surface area contributed by atoms with Crippen molar-refractivity contribution in [1.82, 2.24) is 5.32 Å². The lowest BCUT2D eigenvalue weighted by atomic mass is 9.75. The molecule has 0 amide bonds. The molecule has 0 bridgehead atoms. The first-order valence-electron chi connectivity index (χ1n) is 10.5. The summed E-state index contributed by atoms with van der Waals surface area (Å²) in [6, 6.07) is 3.39. The van der Waals surface area contributed by atoms with Gasteiger partial charge in [0.25, 0.3) is 0 Å². The predicted molar refractivity (Wildman–Crippen MR) is 117 cm³/mol. The number of dihydropyridines is 1. The fraction of sp³-hybridized carbons (Fsp3) is 0.478. The molecule has 2 heterocycles. The van der Waals surface area contributed by atoms with E-state index in [-0.39, 0.29) is 30.0 Å². The molecule has 4 rings (SSSR count). The lowest BCUT2D eigenvalue weighted by Crippen LogP contribution is -2.35. The summed E-state index contributed by atoms with van der Waals surface area (Å²) in [6.07, 6.45) is 3.68. The van der Waals surface area contributed by atoms with E-state index >= 15 is 0 Å². The second kappa shape index (κ2) is 9.04. The molecule has 3 aliphatic rings. The number of ketones is 1. The van der Waals surface area contributed by atoms with Crippen LogP contribution in [0.5, 0.6) is 11.5 Å². The average Bonchev–Trinajstić information content (AvgIpc) is 3.27. The van der Waals surface area contributed by atoms with Crippen LogP contribution in [0.1, 0.15) is 50.5 Å². The zero-order valence-electron chi connectivity index (χ0n) is 17.6. The first kappa shape index (κ1) is 21.9. The Morgan fingerprint density at radius 1 is 1.32 bits per heavy atom. The fourth-order valence-electron chi connectivity index (χ4n) is 4.53. The Hall–Kier alpha value is -2.32. The van der Waals surface area contributed by atoms with Gasteiger partial charge in [-0.1, -0.05) is 0 Å². The lowest BCUT2D eigenvalue weighted by Gasteiger charge is -2.34. The number of carbonyl (C=O) groups excluding carboxylic acids is 2. The van der Waals surface area contributed by atoms with Gasteiger partial charge in [0.2, 0.25) is 0 Å². The minimum Gasteiger partial charge on any atom is -0.503 e. The van der Waals surface area contributed by atoms with Crippen molar-refractivity contribution in [2.75, 3.05) is 20.3 Å². The van der Waals surface area contributed by atoms with Gasteiger partial charge in [-0.15, -0.1) is 0 Å².